The summed E-state index contributed by atoms with van der Waals surface area (Å²) in [7, 11) is 0. The Labute approximate surface area is 122 Å². The summed E-state index contributed by atoms with van der Waals surface area (Å²) in [6.45, 7) is 3.56. The fourth-order valence-corrected chi connectivity index (χ4v) is 1.97. The lowest BCUT2D eigenvalue weighted by atomic mass is 10.3. The molecule has 1 aromatic carbocycles. The summed E-state index contributed by atoms with van der Waals surface area (Å²) in [5, 5.41) is 11.7. The van der Waals surface area contributed by atoms with Crippen molar-refractivity contribution >= 4 is 34.6 Å². The predicted molar refractivity (Wildman–Crippen MR) is 82.4 cm³/mol. The number of hydrogen-bond acceptors (Lipinski definition) is 2. The molecule has 0 aliphatic heterocycles. The van der Waals surface area contributed by atoms with Gasteiger partial charge in [0.05, 0.1) is 6.20 Å². The van der Waals surface area contributed by atoms with Crippen molar-refractivity contribution in [1.82, 2.24) is 15.1 Å². The number of nitrogens with zero attached hydrogens (tertiary/aromatic N) is 2. The summed E-state index contributed by atoms with van der Waals surface area (Å²) in [5.74, 6) is 0. The first-order valence-corrected chi connectivity index (χ1v) is 6.77. The van der Waals surface area contributed by atoms with Crippen molar-refractivity contribution in [2.45, 2.75) is 20.0 Å². The summed E-state index contributed by atoms with van der Waals surface area (Å²) in [4.78, 5) is 0. The van der Waals surface area contributed by atoms with Gasteiger partial charge < -0.3 is 10.6 Å². The van der Waals surface area contributed by atoms with Gasteiger partial charge in [-0.25, -0.2) is 0 Å². The maximum Gasteiger partial charge on any atom is 0.171 e. The molecule has 0 bridgehead atoms. The van der Waals surface area contributed by atoms with Crippen LogP contribution in [0.1, 0.15) is 12.5 Å². The molecule has 4 nitrogen and oxygen atoms in total. The zero-order valence-corrected chi connectivity index (χ0v) is 12.1. The molecule has 2 N–H and O–H groups in total. The Morgan fingerprint density at radius 3 is 3.00 bits per heavy atom. The van der Waals surface area contributed by atoms with E-state index >= 15 is 0 Å². The minimum Gasteiger partial charge on any atom is -0.358 e. The van der Waals surface area contributed by atoms with E-state index in [2.05, 4.69) is 22.7 Å². The van der Waals surface area contributed by atoms with E-state index in [-0.39, 0.29) is 0 Å². The van der Waals surface area contributed by atoms with Gasteiger partial charge in [-0.1, -0.05) is 17.7 Å². The molecule has 2 aromatic rings. The van der Waals surface area contributed by atoms with Gasteiger partial charge in [0, 0.05) is 35.6 Å². The zero-order valence-electron chi connectivity index (χ0n) is 10.6. The second kappa shape index (κ2) is 6.54. The topological polar surface area (TPSA) is 41.9 Å². The molecule has 6 heteroatoms. The summed E-state index contributed by atoms with van der Waals surface area (Å²) in [5.41, 5.74) is 1.96. The number of hydrogen-bond donors (Lipinski definition) is 2. The summed E-state index contributed by atoms with van der Waals surface area (Å²) < 4.78 is 1.88. The number of aryl methyl sites for hydroxylation is 1. The minimum absolute atomic E-state index is 0.562. The van der Waals surface area contributed by atoms with Crippen molar-refractivity contribution in [1.29, 1.82) is 0 Å². The maximum absolute atomic E-state index is 5.91. The number of benzene rings is 1. The minimum atomic E-state index is 0.562. The standard InChI is InChI=1S/C13H15ClN4S/c1-2-18-9-10(8-16-18)7-15-13(19)17-12-5-3-4-11(14)6-12/h3-6,8-9H,2,7H2,1H3,(H2,15,17,19). The molecule has 0 saturated carbocycles. The summed E-state index contributed by atoms with van der Waals surface area (Å²) in [6.07, 6.45) is 3.83. The average molecular weight is 295 g/mol. The number of rotatable bonds is 4. The molecule has 0 saturated heterocycles. The lowest BCUT2D eigenvalue weighted by molar-refractivity contribution is 0.659. The van der Waals surface area contributed by atoms with Gasteiger partial charge >= 0.3 is 0 Å². The third kappa shape index (κ3) is 4.22. The summed E-state index contributed by atoms with van der Waals surface area (Å²) in [6, 6.07) is 7.43. The molecule has 2 rings (SSSR count). The maximum atomic E-state index is 5.91. The molecule has 0 unspecified atom stereocenters. The molecule has 0 aliphatic carbocycles. The number of nitrogens with one attached hydrogen (secondary N) is 2. The van der Waals surface area contributed by atoms with Crippen LogP contribution in [-0.4, -0.2) is 14.9 Å². The first-order valence-electron chi connectivity index (χ1n) is 5.99. The van der Waals surface area contributed by atoms with E-state index in [0.29, 0.717) is 16.7 Å². The molecule has 1 aromatic heterocycles. The van der Waals surface area contributed by atoms with Gasteiger partial charge in [-0.3, -0.25) is 4.68 Å². The molecule has 0 fully saturated rings. The molecule has 19 heavy (non-hydrogen) atoms. The van der Waals surface area contributed by atoms with Crippen LogP contribution < -0.4 is 10.6 Å². The second-order valence-electron chi connectivity index (χ2n) is 4.02. The van der Waals surface area contributed by atoms with Crippen molar-refractivity contribution in [3.63, 3.8) is 0 Å². The quantitative estimate of drug-likeness (QED) is 0.851. The van der Waals surface area contributed by atoms with E-state index in [1.54, 1.807) is 0 Å². The fraction of sp³-hybridized carbons (Fsp3) is 0.231. The van der Waals surface area contributed by atoms with Crippen LogP contribution in [0.15, 0.2) is 36.7 Å². The number of thiocarbonyl (C=S) groups is 1. The molecule has 0 atom stereocenters. The van der Waals surface area contributed by atoms with Crippen LogP contribution >= 0.6 is 23.8 Å². The van der Waals surface area contributed by atoms with Gasteiger partial charge in [-0.15, -0.1) is 0 Å². The first-order chi connectivity index (χ1) is 9.17. The van der Waals surface area contributed by atoms with E-state index in [4.69, 9.17) is 23.8 Å². The molecular formula is C13H15ClN4S. The smallest absolute Gasteiger partial charge is 0.171 e. The van der Waals surface area contributed by atoms with E-state index in [0.717, 1.165) is 17.8 Å². The van der Waals surface area contributed by atoms with Crippen LogP contribution in [0.3, 0.4) is 0 Å². The zero-order chi connectivity index (χ0) is 13.7. The van der Waals surface area contributed by atoms with E-state index in [9.17, 15) is 0 Å². The Morgan fingerprint density at radius 1 is 1.47 bits per heavy atom. The number of halogens is 1. The van der Waals surface area contributed by atoms with Crippen molar-refractivity contribution in [3.05, 3.63) is 47.2 Å². The van der Waals surface area contributed by atoms with Crippen molar-refractivity contribution < 1.29 is 0 Å². The normalized spacial score (nSPS) is 10.2. The molecule has 0 spiro atoms. The third-order valence-electron chi connectivity index (χ3n) is 2.55. The van der Waals surface area contributed by atoms with Crippen LogP contribution in [-0.2, 0) is 13.1 Å². The predicted octanol–water partition coefficient (Wildman–Crippen LogP) is 3.04. The Kier molecular flexibility index (Phi) is 4.76. The highest BCUT2D eigenvalue weighted by Crippen LogP contribution is 2.14. The average Bonchev–Trinajstić information content (AvgIpc) is 2.84. The van der Waals surface area contributed by atoms with E-state index in [1.165, 1.54) is 0 Å². The Bertz CT molecular complexity index is 567. The molecular weight excluding hydrogens is 280 g/mol. The monoisotopic (exact) mass is 294 g/mol. The molecule has 0 amide bonds. The van der Waals surface area contributed by atoms with Gasteiger partial charge in [0.25, 0.3) is 0 Å². The van der Waals surface area contributed by atoms with Crippen LogP contribution in [0.25, 0.3) is 0 Å². The van der Waals surface area contributed by atoms with E-state index < -0.39 is 0 Å². The molecule has 0 radical (unpaired) electrons. The first kappa shape index (κ1) is 13.8. The van der Waals surface area contributed by atoms with Crippen molar-refractivity contribution in [3.8, 4) is 0 Å². The van der Waals surface area contributed by atoms with Gasteiger partial charge in [0.2, 0.25) is 0 Å². The Balaban J connectivity index is 1.84. The lowest BCUT2D eigenvalue weighted by Crippen LogP contribution is -2.27. The van der Waals surface area contributed by atoms with Gasteiger partial charge in [-0.05, 0) is 37.3 Å². The highest BCUT2D eigenvalue weighted by atomic mass is 35.5. The highest BCUT2D eigenvalue weighted by Gasteiger charge is 2.00. The van der Waals surface area contributed by atoms with Crippen molar-refractivity contribution in [2.75, 3.05) is 5.32 Å². The largest absolute Gasteiger partial charge is 0.358 e. The van der Waals surface area contributed by atoms with Gasteiger partial charge in [0.1, 0.15) is 0 Å². The van der Waals surface area contributed by atoms with E-state index in [1.807, 2.05) is 41.3 Å². The Hall–Kier alpha value is -1.59. The van der Waals surface area contributed by atoms with Crippen LogP contribution in [0.4, 0.5) is 5.69 Å². The summed E-state index contributed by atoms with van der Waals surface area (Å²) >= 11 is 11.1. The van der Waals surface area contributed by atoms with Gasteiger partial charge in [0.15, 0.2) is 5.11 Å². The lowest BCUT2D eigenvalue weighted by Gasteiger charge is -2.09. The molecule has 1 heterocycles. The third-order valence-corrected chi connectivity index (χ3v) is 3.03. The second-order valence-corrected chi connectivity index (χ2v) is 4.87. The SMILES string of the molecule is CCn1cc(CNC(=S)Nc2cccc(Cl)c2)cn1. The fourth-order valence-electron chi connectivity index (χ4n) is 1.59. The molecule has 0 aliphatic rings. The highest BCUT2D eigenvalue weighted by molar-refractivity contribution is 7.80. The van der Waals surface area contributed by atoms with Crippen molar-refractivity contribution in [2.24, 2.45) is 0 Å². The van der Waals surface area contributed by atoms with Crippen LogP contribution in [0.2, 0.25) is 5.02 Å². The van der Waals surface area contributed by atoms with Gasteiger partial charge in [-0.2, -0.15) is 5.10 Å². The van der Waals surface area contributed by atoms with Crippen LogP contribution in [0, 0.1) is 0 Å². The number of anilines is 1. The number of aromatic nitrogens is 2. The molecule has 100 valence electrons. The Morgan fingerprint density at radius 2 is 2.32 bits per heavy atom. The van der Waals surface area contributed by atoms with Crippen LogP contribution in [0.5, 0.6) is 0 Å².